The van der Waals surface area contributed by atoms with Gasteiger partial charge in [0, 0.05) is 25.5 Å². The fourth-order valence-electron chi connectivity index (χ4n) is 1.93. The first-order valence-electron chi connectivity index (χ1n) is 5.79. The number of carbonyl (C=O) groups is 1. The summed E-state index contributed by atoms with van der Waals surface area (Å²) in [5, 5.41) is 5.37. The molecule has 0 bridgehead atoms. The number of carbonyl (C=O) groups excluding carboxylic acids is 1. The first-order chi connectivity index (χ1) is 8.60. The molecule has 0 aromatic heterocycles. The number of anilines is 1. The van der Waals surface area contributed by atoms with Crippen LogP contribution in [0.3, 0.4) is 0 Å². The van der Waals surface area contributed by atoms with E-state index in [0.717, 1.165) is 19.3 Å². The van der Waals surface area contributed by atoms with E-state index in [1.165, 1.54) is 19.2 Å². The molecule has 1 fully saturated rings. The second-order valence-corrected chi connectivity index (χ2v) is 4.40. The van der Waals surface area contributed by atoms with Crippen LogP contribution in [0.2, 0.25) is 0 Å². The maximum Gasteiger partial charge on any atom is 0.305 e. The van der Waals surface area contributed by atoms with Gasteiger partial charge in [-0.25, -0.2) is 11.0 Å². The number of hydrogen-bond acceptors (Lipinski definition) is 2. The highest BCUT2D eigenvalue weighted by atomic mass is 19.1. The van der Waals surface area contributed by atoms with Gasteiger partial charge in [0.05, 0.1) is 5.69 Å². The van der Waals surface area contributed by atoms with Gasteiger partial charge in [0.1, 0.15) is 5.82 Å². The predicted molar refractivity (Wildman–Crippen MR) is 66.6 cm³/mol. The number of nitrogens with zero attached hydrogens (tertiary/aromatic N) is 1. The molecular formula is C13H14FN3O. The molecule has 0 aliphatic heterocycles. The third-order valence-electron chi connectivity index (χ3n) is 3.22. The molecule has 1 aromatic carbocycles. The van der Waals surface area contributed by atoms with Gasteiger partial charge in [-0.2, -0.15) is 0 Å². The van der Waals surface area contributed by atoms with E-state index in [2.05, 4.69) is 15.5 Å². The highest BCUT2D eigenvalue weighted by Crippen LogP contribution is 2.37. The van der Waals surface area contributed by atoms with Crippen molar-refractivity contribution in [3.05, 3.63) is 41.0 Å². The highest BCUT2D eigenvalue weighted by Gasteiger charge is 2.44. The van der Waals surface area contributed by atoms with Crippen LogP contribution in [0.1, 0.15) is 29.6 Å². The summed E-state index contributed by atoms with van der Waals surface area (Å²) in [6.07, 6.45) is 2.44. The van der Waals surface area contributed by atoms with Crippen LogP contribution in [0.15, 0.2) is 18.2 Å². The van der Waals surface area contributed by atoms with Crippen molar-refractivity contribution in [3.8, 4) is 0 Å². The van der Waals surface area contributed by atoms with Gasteiger partial charge < -0.3 is 10.6 Å². The lowest BCUT2D eigenvalue weighted by molar-refractivity contribution is 0.0962. The molecule has 4 nitrogen and oxygen atoms in total. The van der Waals surface area contributed by atoms with E-state index in [4.69, 9.17) is 6.57 Å². The molecule has 0 atom stereocenters. The van der Waals surface area contributed by atoms with Crippen LogP contribution in [0.4, 0.5) is 10.1 Å². The third kappa shape index (κ3) is 2.14. The summed E-state index contributed by atoms with van der Waals surface area (Å²) in [6.45, 7) is 7.14. The molecule has 0 saturated heterocycles. The molecule has 0 unspecified atom stereocenters. The van der Waals surface area contributed by atoms with Crippen LogP contribution < -0.4 is 10.6 Å². The largest absolute Gasteiger partial charge is 0.355 e. The zero-order valence-corrected chi connectivity index (χ0v) is 10.1. The normalized spacial score (nSPS) is 16.3. The average molecular weight is 247 g/mol. The molecule has 18 heavy (non-hydrogen) atoms. The maximum atomic E-state index is 13.8. The molecule has 1 saturated carbocycles. The number of benzene rings is 1. The minimum atomic E-state index is -0.657. The zero-order chi connectivity index (χ0) is 13.2. The average Bonchev–Trinajstić information content (AvgIpc) is 2.34. The number of hydrogen-bond donors (Lipinski definition) is 2. The summed E-state index contributed by atoms with van der Waals surface area (Å²) in [4.78, 5) is 14.9. The van der Waals surface area contributed by atoms with Crippen molar-refractivity contribution in [3.63, 3.8) is 0 Å². The van der Waals surface area contributed by atoms with Crippen molar-refractivity contribution in [2.24, 2.45) is 0 Å². The molecule has 1 aliphatic carbocycles. The van der Waals surface area contributed by atoms with Gasteiger partial charge in [0.15, 0.2) is 0 Å². The van der Waals surface area contributed by atoms with Crippen molar-refractivity contribution in [1.29, 1.82) is 0 Å². The molecule has 1 aromatic rings. The van der Waals surface area contributed by atoms with Crippen LogP contribution in [0.25, 0.3) is 4.85 Å². The number of nitrogens with one attached hydrogen (secondary N) is 2. The second-order valence-electron chi connectivity index (χ2n) is 4.40. The Hall–Kier alpha value is -2.09. The standard InChI is InChI=1S/C13H14FN3O/c1-15-12(18)9-4-5-11(10(14)8-9)17-13(16-2)6-3-7-13/h4-5,8,17H,3,6-7H2,1H3,(H,15,18). The zero-order valence-electron chi connectivity index (χ0n) is 10.1. The first-order valence-corrected chi connectivity index (χ1v) is 5.79. The van der Waals surface area contributed by atoms with E-state index < -0.39 is 11.5 Å². The quantitative estimate of drug-likeness (QED) is 0.806. The summed E-state index contributed by atoms with van der Waals surface area (Å²) in [5.41, 5.74) is -0.112. The lowest BCUT2D eigenvalue weighted by atomic mass is 9.85. The van der Waals surface area contributed by atoms with E-state index in [-0.39, 0.29) is 17.2 Å². The minimum Gasteiger partial charge on any atom is -0.355 e. The first kappa shape index (κ1) is 12.4. The van der Waals surface area contributed by atoms with Gasteiger partial charge >= 0.3 is 5.66 Å². The van der Waals surface area contributed by atoms with Gasteiger partial charge in [-0.15, -0.1) is 0 Å². The van der Waals surface area contributed by atoms with Crippen LogP contribution >= 0.6 is 0 Å². The molecule has 2 rings (SSSR count). The Bertz CT molecular complexity index is 517. The van der Waals surface area contributed by atoms with Crippen molar-refractivity contribution in [2.75, 3.05) is 12.4 Å². The van der Waals surface area contributed by atoms with Crippen LogP contribution in [0, 0.1) is 12.4 Å². The van der Waals surface area contributed by atoms with E-state index in [0.29, 0.717) is 0 Å². The minimum absolute atomic E-state index is 0.269. The molecule has 5 heteroatoms. The van der Waals surface area contributed by atoms with Gasteiger partial charge in [-0.3, -0.25) is 9.64 Å². The Labute approximate surface area is 105 Å². The van der Waals surface area contributed by atoms with Gasteiger partial charge in [0.25, 0.3) is 5.91 Å². The number of halogens is 1. The molecule has 2 N–H and O–H groups in total. The Morgan fingerprint density at radius 2 is 2.22 bits per heavy atom. The van der Waals surface area contributed by atoms with Crippen molar-refractivity contribution in [1.82, 2.24) is 5.32 Å². The molecule has 1 aliphatic rings. The number of rotatable bonds is 3. The molecular weight excluding hydrogens is 233 g/mol. The monoisotopic (exact) mass is 247 g/mol. The second kappa shape index (κ2) is 4.65. The fraction of sp³-hybridized carbons (Fsp3) is 0.385. The van der Waals surface area contributed by atoms with Gasteiger partial charge in [-0.1, -0.05) is 0 Å². The molecule has 0 heterocycles. The van der Waals surface area contributed by atoms with E-state index in [1.54, 1.807) is 6.07 Å². The lowest BCUT2D eigenvalue weighted by Gasteiger charge is -2.31. The Morgan fingerprint density at radius 3 is 2.67 bits per heavy atom. The van der Waals surface area contributed by atoms with Crippen LogP contribution in [0.5, 0.6) is 0 Å². The van der Waals surface area contributed by atoms with Gasteiger partial charge in [0.2, 0.25) is 0 Å². The van der Waals surface area contributed by atoms with E-state index in [9.17, 15) is 9.18 Å². The highest BCUT2D eigenvalue weighted by molar-refractivity contribution is 5.94. The molecule has 94 valence electrons. The Kier molecular flexibility index (Phi) is 3.19. The maximum absolute atomic E-state index is 13.8. The summed E-state index contributed by atoms with van der Waals surface area (Å²) < 4.78 is 13.8. The SMILES string of the molecule is [C-]#[N+]C1(Nc2ccc(C(=O)NC)cc2F)CCC1. The Morgan fingerprint density at radius 1 is 1.50 bits per heavy atom. The molecule has 0 spiro atoms. The van der Waals surface area contributed by atoms with Crippen molar-refractivity contribution >= 4 is 11.6 Å². The number of amides is 1. The predicted octanol–water partition coefficient (Wildman–Crippen LogP) is 2.40. The summed E-state index contributed by atoms with van der Waals surface area (Å²) >= 11 is 0. The van der Waals surface area contributed by atoms with Crippen molar-refractivity contribution < 1.29 is 9.18 Å². The van der Waals surface area contributed by atoms with E-state index in [1.807, 2.05) is 0 Å². The Balaban J connectivity index is 2.20. The fourth-order valence-corrected chi connectivity index (χ4v) is 1.93. The summed E-state index contributed by atoms with van der Waals surface area (Å²) in [6, 6.07) is 4.23. The van der Waals surface area contributed by atoms with Gasteiger partial charge in [-0.05, 0) is 24.6 Å². The molecule has 0 radical (unpaired) electrons. The summed E-state index contributed by atoms with van der Waals surface area (Å²) in [7, 11) is 1.49. The third-order valence-corrected chi connectivity index (χ3v) is 3.22. The van der Waals surface area contributed by atoms with Crippen molar-refractivity contribution in [2.45, 2.75) is 24.9 Å². The smallest absolute Gasteiger partial charge is 0.305 e. The summed E-state index contributed by atoms with van der Waals surface area (Å²) in [5.74, 6) is -0.838. The van der Waals surface area contributed by atoms with Crippen LogP contribution in [-0.2, 0) is 0 Å². The van der Waals surface area contributed by atoms with E-state index >= 15 is 0 Å². The topological polar surface area (TPSA) is 45.5 Å². The van der Waals surface area contributed by atoms with Crippen LogP contribution in [-0.4, -0.2) is 18.6 Å². The lowest BCUT2D eigenvalue weighted by Crippen LogP contribution is -2.41. The molecule has 1 amide bonds.